The molecule has 0 aliphatic heterocycles. The Bertz CT molecular complexity index is 824. The number of nitrogens with zero attached hydrogens (tertiary/aromatic N) is 1. The minimum absolute atomic E-state index is 0.0364. The summed E-state index contributed by atoms with van der Waals surface area (Å²) < 4.78 is 20.2. The number of hydrogen-bond acceptors (Lipinski definition) is 3. The summed E-state index contributed by atoms with van der Waals surface area (Å²) in [6, 6.07) is 5.70. The van der Waals surface area contributed by atoms with Crippen LogP contribution in [0.4, 0.5) is 4.39 Å². The Balaban J connectivity index is 1.69. The molecule has 1 aliphatic rings. The predicted octanol–water partition coefficient (Wildman–Crippen LogP) is 4.27. The number of Topliss-reactive ketones (excluding diaryl/α,β-unsaturated/α-hetero) is 1. The maximum Gasteiger partial charge on any atom is 0.340 e. The molecular weight excluding hydrogens is 333 g/mol. The van der Waals surface area contributed by atoms with Gasteiger partial charge in [-0.3, -0.25) is 4.79 Å². The van der Waals surface area contributed by atoms with Gasteiger partial charge in [0, 0.05) is 23.0 Å². The highest BCUT2D eigenvalue weighted by Gasteiger charge is 2.28. The summed E-state index contributed by atoms with van der Waals surface area (Å²) in [5.74, 6) is -1.55. The van der Waals surface area contributed by atoms with Crippen molar-refractivity contribution in [1.82, 2.24) is 4.57 Å². The maximum atomic E-state index is 13.0. The van der Waals surface area contributed by atoms with Gasteiger partial charge in [-0.2, -0.15) is 0 Å². The lowest BCUT2D eigenvalue weighted by molar-refractivity contribution is 0.0474. The van der Waals surface area contributed by atoms with E-state index in [1.807, 2.05) is 19.9 Å². The number of halogens is 2. The third-order valence-electron chi connectivity index (χ3n) is 4.18. The maximum absolute atomic E-state index is 13.0. The molecule has 1 aliphatic carbocycles. The van der Waals surface area contributed by atoms with Crippen molar-refractivity contribution >= 4 is 23.4 Å². The van der Waals surface area contributed by atoms with Crippen LogP contribution in [0.5, 0.6) is 0 Å². The first-order chi connectivity index (χ1) is 11.4. The molecule has 126 valence electrons. The molecule has 0 spiro atoms. The number of ether oxygens (including phenoxy) is 1. The molecule has 0 atom stereocenters. The zero-order valence-corrected chi connectivity index (χ0v) is 14.2. The van der Waals surface area contributed by atoms with Gasteiger partial charge in [0.25, 0.3) is 0 Å². The topological polar surface area (TPSA) is 48.3 Å². The van der Waals surface area contributed by atoms with E-state index in [4.69, 9.17) is 16.3 Å². The van der Waals surface area contributed by atoms with Crippen molar-refractivity contribution in [2.24, 2.45) is 0 Å². The van der Waals surface area contributed by atoms with Gasteiger partial charge in [-0.25, -0.2) is 9.18 Å². The fourth-order valence-corrected chi connectivity index (χ4v) is 3.14. The lowest BCUT2D eigenvalue weighted by Crippen LogP contribution is -2.15. The van der Waals surface area contributed by atoms with Crippen molar-refractivity contribution in [1.29, 1.82) is 0 Å². The summed E-state index contributed by atoms with van der Waals surface area (Å²) in [5, 5.41) is -0.0423. The van der Waals surface area contributed by atoms with Gasteiger partial charge in [-0.05, 0) is 51.0 Å². The van der Waals surface area contributed by atoms with Crippen LogP contribution in [0.25, 0.3) is 0 Å². The minimum atomic E-state index is -0.746. The van der Waals surface area contributed by atoms with Crippen molar-refractivity contribution < 1.29 is 18.7 Å². The Morgan fingerprint density at radius 1 is 1.25 bits per heavy atom. The minimum Gasteiger partial charge on any atom is -0.454 e. The number of benzene rings is 1. The van der Waals surface area contributed by atoms with Gasteiger partial charge < -0.3 is 9.30 Å². The standard InChI is InChI=1S/C18H17ClFNO3/c1-10-7-15(11(2)21(10)13-4-5-13)17(22)9-24-18(23)14-6-3-12(20)8-16(14)19/h3,6-8,13H,4-5,9H2,1-2H3. The molecule has 0 saturated heterocycles. The third-order valence-corrected chi connectivity index (χ3v) is 4.49. The van der Waals surface area contributed by atoms with Gasteiger partial charge >= 0.3 is 5.97 Å². The quantitative estimate of drug-likeness (QED) is 0.598. The number of carbonyl (C=O) groups is 2. The van der Waals surface area contributed by atoms with Crippen LogP contribution in [-0.4, -0.2) is 22.9 Å². The van der Waals surface area contributed by atoms with Gasteiger partial charge in [-0.15, -0.1) is 0 Å². The van der Waals surface area contributed by atoms with Crippen LogP contribution in [0.15, 0.2) is 24.3 Å². The molecule has 0 N–H and O–H groups in total. The molecule has 4 nitrogen and oxygen atoms in total. The van der Waals surface area contributed by atoms with Gasteiger partial charge in [-0.1, -0.05) is 11.6 Å². The zero-order valence-electron chi connectivity index (χ0n) is 13.4. The molecule has 1 fully saturated rings. The molecule has 1 aromatic carbocycles. The predicted molar refractivity (Wildman–Crippen MR) is 88.2 cm³/mol. The Morgan fingerprint density at radius 2 is 1.96 bits per heavy atom. The summed E-state index contributed by atoms with van der Waals surface area (Å²) in [5.41, 5.74) is 2.54. The smallest absolute Gasteiger partial charge is 0.340 e. The van der Waals surface area contributed by atoms with E-state index in [-0.39, 0.29) is 23.0 Å². The van der Waals surface area contributed by atoms with E-state index in [0.717, 1.165) is 36.4 Å². The Morgan fingerprint density at radius 3 is 2.58 bits per heavy atom. The van der Waals surface area contributed by atoms with Crippen LogP contribution in [0, 0.1) is 19.7 Å². The number of aryl methyl sites for hydroxylation is 1. The average Bonchev–Trinajstić information content (AvgIpc) is 3.30. The molecule has 0 amide bonds. The van der Waals surface area contributed by atoms with E-state index >= 15 is 0 Å². The molecule has 24 heavy (non-hydrogen) atoms. The van der Waals surface area contributed by atoms with Crippen LogP contribution in [0.2, 0.25) is 5.02 Å². The summed E-state index contributed by atoms with van der Waals surface area (Å²) in [6.45, 7) is 3.49. The largest absolute Gasteiger partial charge is 0.454 e. The van der Waals surface area contributed by atoms with Crippen molar-refractivity contribution in [3.63, 3.8) is 0 Å². The number of aromatic nitrogens is 1. The second kappa shape index (κ2) is 6.40. The molecule has 6 heteroatoms. The molecule has 3 rings (SSSR count). The molecule has 0 radical (unpaired) electrons. The Kier molecular flexibility index (Phi) is 4.45. The highest BCUT2D eigenvalue weighted by Crippen LogP contribution is 2.38. The fraction of sp³-hybridized carbons (Fsp3) is 0.333. The van der Waals surface area contributed by atoms with Gasteiger partial charge in [0.1, 0.15) is 5.82 Å². The molecule has 1 saturated carbocycles. The van der Waals surface area contributed by atoms with Crippen LogP contribution in [0.3, 0.4) is 0 Å². The Hall–Kier alpha value is -2.14. The van der Waals surface area contributed by atoms with Crippen molar-refractivity contribution in [2.75, 3.05) is 6.61 Å². The highest BCUT2D eigenvalue weighted by molar-refractivity contribution is 6.33. The van der Waals surface area contributed by atoms with Crippen LogP contribution < -0.4 is 0 Å². The molecule has 0 bridgehead atoms. The van der Waals surface area contributed by atoms with Crippen LogP contribution >= 0.6 is 11.6 Å². The monoisotopic (exact) mass is 349 g/mol. The molecule has 2 aromatic rings. The number of carbonyl (C=O) groups excluding carboxylic acids is 2. The third kappa shape index (κ3) is 3.22. The second-order valence-electron chi connectivity index (χ2n) is 6.01. The van der Waals surface area contributed by atoms with E-state index in [1.54, 1.807) is 0 Å². The highest BCUT2D eigenvalue weighted by atomic mass is 35.5. The first-order valence-electron chi connectivity index (χ1n) is 7.72. The normalized spacial score (nSPS) is 13.8. The number of rotatable bonds is 5. The van der Waals surface area contributed by atoms with Gasteiger partial charge in [0.05, 0.1) is 10.6 Å². The number of esters is 1. The van der Waals surface area contributed by atoms with Gasteiger partial charge in [0.2, 0.25) is 5.78 Å². The van der Waals surface area contributed by atoms with E-state index in [0.29, 0.717) is 11.6 Å². The second-order valence-corrected chi connectivity index (χ2v) is 6.42. The summed E-state index contributed by atoms with van der Waals surface area (Å²) in [7, 11) is 0. The molecule has 1 heterocycles. The van der Waals surface area contributed by atoms with Crippen molar-refractivity contribution in [2.45, 2.75) is 32.7 Å². The average molecular weight is 350 g/mol. The van der Waals surface area contributed by atoms with Crippen LogP contribution in [0.1, 0.15) is 51.0 Å². The zero-order chi connectivity index (χ0) is 17.4. The van der Waals surface area contributed by atoms with Crippen molar-refractivity contribution in [3.8, 4) is 0 Å². The molecule has 1 aromatic heterocycles. The number of ketones is 1. The van der Waals surface area contributed by atoms with E-state index in [1.165, 1.54) is 6.07 Å². The SMILES string of the molecule is Cc1cc(C(=O)COC(=O)c2ccc(F)cc2Cl)c(C)n1C1CC1. The van der Waals surface area contributed by atoms with Crippen molar-refractivity contribution in [3.05, 3.63) is 57.6 Å². The summed E-state index contributed by atoms with van der Waals surface area (Å²) in [4.78, 5) is 24.4. The van der Waals surface area contributed by atoms with E-state index < -0.39 is 11.8 Å². The first-order valence-corrected chi connectivity index (χ1v) is 8.10. The molecular formula is C18H17ClFNO3. The Labute approximate surface area is 144 Å². The summed E-state index contributed by atoms with van der Waals surface area (Å²) in [6.07, 6.45) is 2.25. The molecule has 0 unspecified atom stereocenters. The fourth-order valence-electron chi connectivity index (χ4n) is 2.90. The first kappa shape index (κ1) is 16.7. The van der Waals surface area contributed by atoms with E-state index in [9.17, 15) is 14.0 Å². The lowest BCUT2D eigenvalue weighted by Gasteiger charge is -2.08. The summed E-state index contributed by atoms with van der Waals surface area (Å²) >= 11 is 5.82. The van der Waals surface area contributed by atoms with Gasteiger partial charge in [0.15, 0.2) is 6.61 Å². The van der Waals surface area contributed by atoms with E-state index in [2.05, 4.69) is 4.57 Å². The van der Waals surface area contributed by atoms with Crippen LogP contribution in [-0.2, 0) is 4.74 Å². The number of hydrogen-bond donors (Lipinski definition) is 0. The lowest BCUT2D eigenvalue weighted by atomic mass is 10.1.